The third-order valence-electron chi connectivity index (χ3n) is 12.0. The number of nitrogens with zero attached hydrogens (tertiary/aromatic N) is 3. The Labute approximate surface area is 351 Å². The first-order valence-corrected chi connectivity index (χ1v) is 19.5. The quantitative estimate of drug-likeness (QED) is 0.125. The highest BCUT2D eigenvalue weighted by molar-refractivity contribution is 6.33. The smallest absolute Gasteiger partial charge is 0.417 e. The van der Waals surface area contributed by atoms with E-state index in [0.29, 0.717) is 39.7 Å². The van der Waals surface area contributed by atoms with Gasteiger partial charge in [-0.3, -0.25) is 29.5 Å². The Morgan fingerprint density at radius 3 is 2.18 bits per heavy atom. The van der Waals surface area contributed by atoms with Crippen LogP contribution in [0.2, 0.25) is 10.0 Å². The van der Waals surface area contributed by atoms with Crippen molar-refractivity contribution >= 4 is 70.5 Å². The molecule has 4 aromatic rings. The second-order valence-electron chi connectivity index (χ2n) is 14.9. The van der Waals surface area contributed by atoms with Crippen LogP contribution in [0.25, 0.3) is 12.2 Å². The SMILES string of the molecule is C=Cc1ccc(N2C(=O)C3CC=C4C(CC5C(=O)N(Nc6ncc(C(F)(F)F)cc6Cl)C(=O)C5(c5ccc(Cl)cc5)C4C=Cc4cc(OC)c(O)c(OC)c4)C3C2=O)cc1. The van der Waals surface area contributed by atoms with Gasteiger partial charge in [0, 0.05) is 17.1 Å². The number of alkyl halides is 3. The van der Waals surface area contributed by atoms with Crippen molar-refractivity contribution in [1.29, 1.82) is 0 Å². The van der Waals surface area contributed by atoms with Gasteiger partial charge in [0.1, 0.15) is 0 Å². The molecule has 3 fully saturated rings. The van der Waals surface area contributed by atoms with Crippen molar-refractivity contribution in [3.8, 4) is 17.2 Å². The molecule has 6 unspecified atom stereocenters. The summed E-state index contributed by atoms with van der Waals surface area (Å²) >= 11 is 12.6. The molecule has 16 heteroatoms. The van der Waals surface area contributed by atoms with Crippen molar-refractivity contribution in [2.75, 3.05) is 24.5 Å². The van der Waals surface area contributed by atoms with Crippen LogP contribution in [0.3, 0.4) is 0 Å². The Bertz CT molecular complexity index is 2500. The maximum Gasteiger partial charge on any atom is 0.417 e. The number of halogens is 5. The summed E-state index contributed by atoms with van der Waals surface area (Å²) in [6.07, 6.45) is 2.78. The first-order valence-electron chi connectivity index (χ1n) is 18.7. The van der Waals surface area contributed by atoms with Crippen molar-refractivity contribution in [3.63, 3.8) is 0 Å². The van der Waals surface area contributed by atoms with Gasteiger partial charge in [0.05, 0.1) is 53.7 Å². The number of carbonyl (C=O) groups excluding carboxylic acids is 4. The number of ether oxygens (including phenoxy) is 2. The molecule has 2 aliphatic carbocycles. The maximum absolute atomic E-state index is 15.4. The molecule has 4 aliphatic rings. The molecule has 6 atom stereocenters. The Morgan fingerprint density at radius 2 is 1.58 bits per heavy atom. The summed E-state index contributed by atoms with van der Waals surface area (Å²) in [5, 5.41) is 11.2. The van der Waals surface area contributed by atoms with Crippen LogP contribution in [0.1, 0.15) is 35.1 Å². The summed E-state index contributed by atoms with van der Waals surface area (Å²) in [4.78, 5) is 64.0. The molecule has 1 aromatic heterocycles. The molecule has 2 N–H and O–H groups in total. The number of imide groups is 2. The Kier molecular flexibility index (Phi) is 10.3. The van der Waals surface area contributed by atoms with Gasteiger partial charge in [-0.05, 0) is 77.9 Å². The largest absolute Gasteiger partial charge is 0.502 e. The molecule has 2 saturated heterocycles. The minimum Gasteiger partial charge on any atom is -0.502 e. The Hall–Kier alpha value is -6.12. The molecule has 1 saturated carbocycles. The van der Waals surface area contributed by atoms with Gasteiger partial charge < -0.3 is 14.6 Å². The first kappa shape index (κ1) is 40.7. The van der Waals surface area contributed by atoms with Crippen molar-refractivity contribution in [1.82, 2.24) is 9.99 Å². The lowest BCUT2D eigenvalue weighted by Crippen LogP contribution is -2.54. The van der Waals surface area contributed by atoms with Gasteiger partial charge in [0.2, 0.25) is 17.6 Å². The Morgan fingerprint density at radius 1 is 0.917 bits per heavy atom. The number of hydrazine groups is 1. The van der Waals surface area contributed by atoms with Crippen LogP contribution in [-0.4, -0.2) is 52.9 Å². The standard InChI is InChI=1S/C44H35Cl2F3N4O7/c1-4-22-5-12-27(13-6-22)52-39(55)29-15-14-28-30(36(29)41(52)57)20-32-40(56)53(51-38-33(46)19-25(21-50-38)44(47,48)49)42(58)43(32,24-8-10-26(45)11-9-24)31(28)16-7-23-17-34(59-2)37(54)35(18-23)60-3/h4-14,16-19,21,29-32,36,54H,1,15,20H2,2-3H3,(H,50,51). The molecular formula is C44H35Cl2F3N4O7. The third kappa shape index (κ3) is 6.40. The van der Waals surface area contributed by atoms with E-state index in [9.17, 15) is 32.7 Å². The molecule has 3 aromatic carbocycles. The van der Waals surface area contributed by atoms with Gasteiger partial charge in [-0.2, -0.15) is 18.2 Å². The van der Waals surface area contributed by atoms with E-state index in [1.54, 1.807) is 78.9 Å². The predicted octanol–water partition coefficient (Wildman–Crippen LogP) is 8.51. The highest BCUT2D eigenvalue weighted by Gasteiger charge is 2.69. The van der Waals surface area contributed by atoms with Gasteiger partial charge in [-0.15, -0.1) is 0 Å². The molecule has 4 amide bonds. The van der Waals surface area contributed by atoms with Crippen LogP contribution >= 0.6 is 23.2 Å². The van der Waals surface area contributed by atoms with Crippen LogP contribution < -0.4 is 19.8 Å². The number of hydrogen-bond acceptors (Lipinski definition) is 9. The van der Waals surface area contributed by atoms with E-state index in [1.165, 1.54) is 19.1 Å². The third-order valence-corrected chi connectivity index (χ3v) is 12.5. The number of amides is 4. The summed E-state index contributed by atoms with van der Waals surface area (Å²) in [6, 6.07) is 17.0. The van der Waals surface area contributed by atoms with Gasteiger partial charge in [-0.1, -0.05) is 83.9 Å². The zero-order valence-corrected chi connectivity index (χ0v) is 33.4. The zero-order valence-electron chi connectivity index (χ0n) is 31.9. The fraction of sp³-hybridized carbons (Fsp3) is 0.250. The lowest BCUT2D eigenvalue weighted by molar-refractivity contribution is -0.139. The van der Waals surface area contributed by atoms with E-state index in [-0.39, 0.29) is 35.9 Å². The van der Waals surface area contributed by atoms with Crippen LogP contribution in [0, 0.1) is 29.6 Å². The van der Waals surface area contributed by atoms with Crippen molar-refractivity contribution in [3.05, 3.63) is 130 Å². The number of fused-ring (bicyclic) bond motifs is 4. The predicted molar refractivity (Wildman–Crippen MR) is 217 cm³/mol. The number of benzene rings is 3. The number of phenolic OH excluding ortho intramolecular Hbond substituents is 1. The summed E-state index contributed by atoms with van der Waals surface area (Å²) < 4.78 is 51.4. The molecule has 8 rings (SSSR count). The van der Waals surface area contributed by atoms with E-state index < -0.39 is 75.4 Å². The van der Waals surface area contributed by atoms with Crippen molar-refractivity contribution < 1.29 is 46.9 Å². The monoisotopic (exact) mass is 858 g/mol. The van der Waals surface area contributed by atoms with Crippen LogP contribution in [0.4, 0.5) is 24.7 Å². The summed E-state index contributed by atoms with van der Waals surface area (Å²) in [7, 11) is 2.74. The number of allylic oxidation sites excluding steroid dienone is 3. The number of aromatic nitrogens is 1. The van der Waals surface area contributed by atoms with Crippen LogP contribution in [0.15, 0.2) is 97.2 Å². The number of anilines is 2. The minimum absolute atomic E-state index is 0.0555. The molecule has 2 aliphatic heterocycles. The molecule has 0 radical (unpaired) electrons. The fourth-order valence-electron chi connectivity index (χ4n) is 9.26. The number of carbonyl (C=O) groups is 4. The second kappa shape index (κ2) is 15.2. The average Bonchev–Trinajstić information content (AvgIpc) is 3.61. The first-order chi connectivity index (χ1) is 28.6. The Balaban J connectivity index is 1.30. The highest BCUT2D eigenvalue weighted by atomic mass is 35.5. The summed E-state index contributed by atoms with van der Waals surface area (Å²) in [6.45, 7) is 3.77. The number of nitrogens with one attached hydrogen (secondary N) is 1. The number of pyridine rings is 1. The van der Waals surface area contributed by atoms with E-state index in [1.807, 2.05) is 6.08 Å². The van der Waals surface area contributed by atoms with E-state index >= 15 is 4.79 Å². The molecular weight excluding hydrogens is 824 g/mol. The minimum atomic E-state index is -4.77. The molecule has 11 nitrogen and oxygen atoms in total. The second-order valence-corrected chi connectivity index (χ2v) is 15.7. The fourth-order valence-corrected chi connectivity index (χ4v) is 9.59. The number of hydrogen-bond donors (Lipinski definition) is 2. The van der Waals surface area contributed by atoms with E-state index in [4.69, 9.17) is 32.7 Å². The van der Waals surface area contributed by atoms with Gasteiger partial charge in [0.15, 0.2) is 17.3 Å². The molecule has 3 heterocycles. The lowest BCUT2D eigenvalue weighted by Gasteiger charge is -2.49. The number of aromatic hydroxyl groups is 1. The van der Waals surface area contributed by atoms with Crippen LogP contribution in [-0.2, 0) is 30.8 Å². The molecule has 0 spiro atoms. The number of phenols is 1. The van der Waals surface area contributed by atoms with Crippen molar-refractivity contribution in [2.24, 2.45) is 29.6 Å². The van der Waals surface area contributed by atoms with Gasteiger partial charge in [-0.25, -0.2) is 4.98 Å². The molecule has 308 valence electrons. The van der Waals surface area contributed by atoms with Gasteiger partial charge in [0.25, 0.3) is 11.8 Å². The summed E-state index contributed by atoms with van der Waals surface area (Å²) in [5.41, 5.74) is 2.42. The van der Waals surface area contributed by atoms with Crippen LogP contribution in [0.5, 0.6) is 17.2 Å². The van der Waals surface area contributed by atoms with Gasteiger partial charge >= 0.3 is 6.18 Å². The highest BCUT2D eigenvalue weighted by Crippen LogP contribution is 2.62. The maximum atomic E-state index is 15.4. The lowest BCUT2D eigenvalue weighted by atomic mass is 9.50. The number of methoxy groups -OCH3 is 2. The van der Waals surface area contributed by atoms with E-state index in [2.05, 4.69) is 17.0 Å². The topological polar surface area (TPSA) is 138 Å². The molecule has 0 bridgehead atoms. The number of rotatable bonds is 9. The summed E-state index contributed by atoms with van der Waals surface area (Å²) in [5.74, 6) is -7.35. The average molecular weight is 860 g/mol. The van der Waals surface area contributed by atoms with Crippen molar-refractivity contribution in [2.45, 2.75) is 24.4 Å². The zero-order chi connectivity index (χ0) is 42.8. The molecule has 60 heavy (non-hydrogen) atoms. The normalized spacial score (nSPS) is 24.9. The van der Waals surface area contributed by atoms with E-state index in [0.717, 1.165) is 10.6 Å².